The van der Waals surface area contributed by atoms with E-state index in [2.05, 4.69) is 23.1 Å². The Kier molecular flexibility index (Phi) is 10.1. The Morgan fingerprint density at radius 3 is 2.26 bits per heavy atom. The first-order chi connectivity index (χ1) is 16.1. The van der Waals surface area contributed by atoms with Gasteiger partial charge in [0.05, 0.1) is 6.42 Å². The van der Waals surface area contributed by atoms with E-state index in [9.17, 15) is 19.2 Å². The molecule has 2 unspecified atom stereocenters. The van der Waals surface area contributed by atoms with Crippen LogP contribution in [0.5, 0.6) is 0 Å². The van der Waals surface area contributed by atoms with Crippen molar-refractivity contribution in [1.29, 1.82) is 0 Å². The number of nitrogens with one attached hydrogen (secondary N) is 2. The first kappa shape index (κ1) is 29.2. The predicted molar refractivity (Wildman–Crippen MR) is 134 cm³/mol. The highest BCUT2D eigenvalue weighted by Crippen LogP contribution is 2.26. The van der Waals surface area contributed by atoms with Crippen LogP contribution in [0.4, 0.5) is 4.79 Å². The third-order valence-corrected chi connectivity index (χ3v) is 4.47. The van der Waals surface area contributed by atoms with Crippen molar-refractivity contribution in [1.82, 2.24) is 15.5 Å². The summed E-state index contributed by atoms with van der Waals surface area (Å²) in [5, 5.41) is 5.28. The number of hydrogen-bond acceptors (Lipinski definition) is 5. The van der Waals surface area contributed by atoms with Crippen LogP contribution in [0, 0.1) is 12.3 Å². The van der Waals surface area contributed by atoms with E-state index in [0.29, 0.717) is 11.1 Å². The van der Waals surface area contributed by atoms with E-state index in [1.807, 2.05) is 0 Å². The Morgan fingerprint density at radius 2 is 1.77 bits per heavy atom. The summed E-state index contributed by atoms with van der Waals surface area (Å²) in [5.41, 5.74) is 4.71. The molecular formula is C26H36N4O5. The highest BCUT2D eigenvalue weighted by atomic mass is 16.6. The average Bonchev–Trinajstić information content (AvgIpc) is 2.69. The molecule has 0 heterocycles. The topological polar surface area (TPSA) is 131 Å². The van der Waals surface area contributed by atoms with Gasteiger partial charge in [-0.15, -0.1) is 13.0 Å². The lowest BCUT2D eigenvalue weighted by Crippen LogP contribution is -2.55. The summed E-state index contributed by atoms with van der Waals surface area (Å²) in [6.07, 6.45) is 5.70. The normalized spacial score (nSPS) is 12.9. The Bertz CT molecular complexity index is 998. The van der Waals surface area contributed by atoms with Gasteiger partial charge in [-0.05, 0) is 53.2 Å². The number of primary amides is 1. The van der Waals surface area contributed by atoms with E-state index in [1.54, 1.807) is 65.8 Å². The maximum Gasteiger partial charge on any atom is 0.408 e. The lowest BCUT2D eigenvalue weighted by Gasteiger charge is -2.35. The lowest BCUT2D eigenvalue weighted by molar-refractivity contribution is -0.143. The van der Waals surface area contributed by atoms with Crippen LogP contribution in [-0.2, 0) is 19.1 Å². The number of benzene rings is 1. The van der Waals surface area contributed by atoms with E-state index in [0.717, 1.165) is 0 Å². The van der Waals surface area contributed by atoms with Gasteiger partial charge >= 0.3 is 6.09 Å². The average molecular weight is 485 g/mol. The van der Waals surface area contributed by atoms with Gasteiger partial charge in [-0.25, -0.2) is 4.79 Å². The molecular weight excluding hydrogens is 448 g/mol. The van der Waals surface area contributed by atoms with Crippen molar-refractivity contribution in [2.75, 3.05) is 6.54 Å². The van der Waals surface area contributed by atoms with Crippen molar-refractivity contribution in [3.8, 4) is 12.3 Å². The largest absolute Gasteiger partial charge is 0.444 e. The molecule has 0 aliphatic rings. The molecule has 9 nitrogen and oxygen atoms in total. The number of carbonyl (C=O) groups excluding carboxylic acids is 4. The molecule has 0 aliphatic carbocycles. The highest BCUT2D eigenvalue weighted by Gasteiger charge is 2.38. The molecule has 0 aromatic heterocycles. The zero-order chi connectivity index (χ0) is 27.0. The van der Waals surface area contributed by atoms with E-state index in [1.165, 1.54) is 11.0 Å². The van der Waals surface area contributed by atoms with Crippen LogP contribution in [0.2, 0.25) is 0 Å². The van der Waals surface area contributed by atoms with Crippen LogP contribution in [0.15, 0.2) is 36.9 Å². The maximum atomic E-state index is 13.7. The van der Waals surface area contributed by atoms with Gasteiger partial charge in [-0.1, -0.05) is 30.2 Å². The van der Waals surface area contributed by atoms with Crippen LogP contribution < -0.4 is 16.4 Å². The third kappa shape index (κ3) is 9.53. The smallest absolute Gasteiger partial charge is 0.408 e. The van der Waals surface area contributed by atoms with E-state index >= 15 is 0 Å². The van der Waals surface area contributed by atoms with Crippen molar-refractivity contribution in [3.05, 3.63) is 48.0 Å². The van der Waals surface area contributed by atoms with Gasteiger partial charge in [0.25, 0.3) is 0 Å². The molecule has 0 spiro atoms. The van der Waals surface area contributed by atoms with Gasteiger partial charge in [-0.3, -0.25) is 14.4 Å². The zero-order valence-electron chi connectivity index (χ0n) is 21.3. The van der Waals surface area contributed by atoms with E-state index < -0.39 is 53.5 Å². The summed E-state index contributed by atoms with van der Waals surface area (Å²) < 4.78 is 5.24. The molecule has 1 rings (SSSR count). The van der Waals surface area contributed by atoms with Crippen molar-refractivity contribution in [3.63, 3.8) is 0 Å². The van der Waals surface area contributed by atoms with Crippen molar-refractivity contribution >= 4 is 23.8 Å². The predicted octanol–water partition coefficient (Wildman–Crippen LogP) is 2.41. The van der Waals surface area contributed by atoms with Gasteiger partial charge < -0.3 is 26.0 Å². The molecule has 4 N–H and O–H groups in total. The lowest BCUT2D eigenvalue weighted by atomic mass is 9.96. The third-order valence-electron chi connectivity index (χ3n) is 4.47. The minimum atomic E-state index is -1.38. The summed E-state index contributed by atoms with van der Waals surface area (Å²) in [6.45, 7) is 14.0. The monoisotopic (exact) mass is 484 g/mol. The second kappa shape index (κ2) is 12.1. The number of amides is 4. The fourth-order valence-electron chi connectivity index (χ4n) is 3.27. The Hall–Kier alpha value is -3.80. The van der Waals surface area contributed by atoms with Gasteiger partial charge in [0, 0.05) is 17.6 Å². The summed E-state index contributed by atoms with van der Waals surface area (Å²) in [5.74, 6) is 0.498. The second-order valence-corrected chi connectivity index (χ2v) is 10.0. The van der Waals surface area contributed by atoms with E-state index in [4.69, 9.17) is 16.9 Å². The zero-order valence-corrected chi connectivity index (χ0v) is 21.3. The van der Waals surface area contributed by atoms with Gasteiger partial charge in [0.15, 0.2) is 0 Å². The van der Waals surface area contributed by atoms with Crippen molar-refractivity contribution in [2.45, 2.75) is 71.2 Å². The Morgan fingerprint density at radius 1 is 1.17 bits per heavy atom. The Balaban J connectivity index is 3.58. The number of hydrogen-bond donors (Lipinski definition) is 3. The number of terminal acetylenes is 1. The van der Waals surface area contributed by atoms with Gasteiger partial charge in [0.1, 0.15) is 17.7 Å². The number of nitrogens with zero attached hydrogens (tertiary/aromatic N) is 1. The van der Waals surface area contributed by atoms with Gasteiger partial charge in [-0.2, -0.15) is 0 Å². The first-order valence-electron chi connectivity index (χ1n) is 11.2. The molecule has 0 fully saturated rings. The molecule has 0 bridgehead atoms. The minimum absolute atomic E-state index is 0.0781. The molecule has 1 aromatic carbocycles. The van der Waals surface area contributed by atoms with Crippen LogP contribution in [0.1, 0.15) is 65.1 Å². The number of alkyl carbamates (subject to hydrolysis) is 1. The minimum Gasteiger partial charge on any atom is -0.444 e. The number of rotatable bonds is 9. The number of carbonyl (C=O) groups is 4. The fraction of sp³-hybridized carbons (Fsp3) is 0.462. The van der Waals surface area contributed by atoms with Crippen LogP contribution in [-0.4, -0.2) is 52.4 Å². The van der Waals surface area contributed by atoms with Crippen LogP contribution in [0.3, 0.4) is 0 Å². The summed E-state index contributed by atoms with van der Waals surface area (Å²) in [7, 11) is 0. The maximum absolute atomic E-state index is 13.7. The van der Waals surface area contributed by atoms with E-state index in [-0.39, 0.29) is 6.54 Å². The first-order valence-corrected chi connectivity index (χ1v) is 11.2. The molecule has 1 aromatic rings. The molecule has 0 aliphatic heterocycles. The Labute approximate surface area is 207 Å². The summed E-state index contributed by atoms with van der Waals surface area (Å²) >= 11 is 0. The molecule has 0 saturated carbocycles. The summed E-state index contributed by atoms with van der Waals surface area (Å²) in [6, 6.07) is 4.16. The number of nitrogens with two attached hydrogens (primary N) is 1. The molecule has 0 radical (unpaired) electrons. The molecule has 4 amide bonds. The standard InChI is InChI=1S/C26H36N4O5/c1-9-15-30(23(33)19(16-20(27)31)28-24(34)35-26(6,7)8)21(22(32)29-25(3,4)5)18-14-12-11-13-17(18)10-2/h2,9,11-14,19,21H,1,15-16H2,3-8H3,(H2,27,31)(H,28,34)(H,29,32). The van der Waals surface area contributed by atoms with Crippen molar-refractivity contribution < 1.29 is 23.9 Å². The summed E-state index contributed by atoms with van der Waals surface area (Å²) in [4.78, 5) is 52.6. The fourth-order valence-corrected chi connectivity index (χ4v) is 3.27. The molecule has 35 heavy (non-hydrogen) atoms. The molecule has 0 saturated heterocycles. The van der Waals surface area contributed by atoms with Crippen LogP contribution >= 0.6 is 0 Å². The molecule has 2 atom stereocenters. The number of ether oxygens (including phenoxy) is 1. The van der Waals surface area contributed by atoms with Crippen molar-refractivity contribution in [2.24, 2.45) is 5.73 Å². The highest BCUT2D eigenvalue weighted by molar-refractivity contribution is 5.95. The molecule has 190 valence electrons. The quantitative estimate of drug-likeness (QED) is 0.366. The van der Waals surface area contributed by atoms with Crippen LogP contribution in [0.25, 0.3) is 0 Å². The second-order valence-electron chi connectivity index (χ2n) is 10.0. The van der Waals surface area contributed by atoms with Gasteiger partial charge in [0.2, 0.25) is 17.7 Å². The SMILES string of the molecule is C#Cc1ccccc1C(C(=O)NC(C)(C)C)N(CC=C)C(=O)C(CC(N)=O)NC(=O)OC(C)(C)C. The molecule has 9 heteroatoms.